The molecule has 0 aliphatic rings. The van der Waals surface area contributed by atoms with Gasteiger partial charge in [0.05, 0.1) is 0 Å². The van der Waals surface area contributed by atoms with Crippen LogP contribution >= 0.6 is 0 Å². The van der Waals surface area contributed by atoms with Gasteiger partial charge >= 0.3 is 0 Å². The normalized spacial score (nSPS) is 11.7. The fourth-order valence-electron chi connectivity index (χ4n) is 1.26. The first-order chi connectivity index (χ1) is 6.22. The van der Waals surface area contributed by atoms with Crippen molar-refractivity contribution in [3.8, 4) is 0 Å². The van der Waals surface area contributed by atoms with Crippen molar-refractivity contribution in [2.24, 2.45) is 0 Å². The molecule has 13 heavy (non-hydrogen) atoms. The van der Waals surface area contributed by atoms with E-state index in [2.05, 4.69) is 34.1 Å². The molecule has 0 bridgehead atoms. The summed E-state index contributed by atoms with van der Waals surface area (Å²) in [6.07, 6.45) is 0. The molecule has 1 N–H and O–H groups in total. The molecule has 0 atom stereocenters. The zero-order chi connectivity index (χ0) is 9.42. The van der Waals surface area contributed by atoms with Crippen molar-refractivity contribution in [2.75, 3.05) is 0 Å². The monoisotopic (exact) mass is 179 g/mol. The highest BCUT2D eigenvalue weighted by molar-refractivity contribution is 5.65. The molecule has 0 unspecified atom stereocenters. The SMILES string of the molecule is CCn1nnc2nc(C(C)C)[nH]c21. The van der Waals surface area contributed by atoms with E-state index in [1.807, 2.05) is 11.6 Å². The Morgan fingerprint density at radius 2 is 2.23 bits per heavy atom. The van der Waals surface area contributed by atoms with Gasteiger partial charge in [0.15, 0.2) is 5.65 Å². The molecule has 0 aliphatic carbocycles. The van der Waals surface area contributed by atoms with Crippen molar-refractivity contribution in [2.45, 2.75) is 33.2 Å². The molecule has 0 spiro atoms. The highest BCUT2D eigenvalue weighted by Gasteiger charge is 2.10. The predicted molar refractivity (Wildman–Crippen MR) is 49.4 cm³/mol. The van der Waals surface area contributed by atoms with E-state index < -0.39 is 0 Å². The van der Waals surface area contributed by atoms with Crippen molar-refractivity contribution < 1.29 is 0 Å². The van der Waals surface area contributed by atoms with Crippen molar-refractivity contribution in [3.63, 3.8) is 0 Å². The highest BCUT2D eigenvalue weighted by atomic mass is 15.5. The Labute approximate surface area is 76.2 Å². The Morgan fingerprint density at radius 3 is 2.85 bits per heavy atom. The van der Waals surface area contributed by atoms with Crippen LogP contribution in [0.5, 0.6) is 0 Å². The highest BCUT2D eigenvalue weighted by Crippen LogP contribution is 2.14. The molecular formula is C8H13N5. The van der Waals surface area contributed by atoms with E-state index in [0.717, 1.165) is 18.0 Å². The number of fused-ring (bicyclic) bond motifs is 1. The third kappa shape index (κ3) is 1.20. The molecule has 0 aromatic carbocycles. The first-order valence-electron chi connectivity index (χ1n) is 4.51. The number of aryl methyl sites for hydroxylation is 1. The Balaban J connectivity index is 2.56. The minimum absolute atomic E-state index is 0.402. The number of nitrogens with zero attached hydrogens (tertiary/aromatic N) is 4. The number of imidazole rings is 1. The molecule has 2 aromatic heterocycles. The largest absolute Gasteiger partial charge is 0.325 e. The number of aromatic amines is 1. The number of H-pyrrole nitrogens is 1. The van der Waals surface area contributed by atoms with Gasteiger partial charge in [-0.3, -0.25) is 0 Å². The van der Waals surface area contributed by atoms with Crippen LogP contribution in [-0.2, 0) is 6.54 Å². The van der Waals surface area contributed by atoms with E-state index in [9.17, 15) is 0 Å². The second-order valence-electron chi connectivity index (χ2n) is 3.35. The summed E-state index contributed by atoms with van der Waals surface area (Å²) in [5.74, 6) is 1.38. The zero-order valence-corrected chi connectivity index (χ0v) is 8.07. The van der Waals surface area contributed by atoms with Crippen LogP contribution in [0.1, 0.15) is 32.5 Å². The van der Waals surface area contributed by atoms with Crippen molar-refractivity contribution >= 4 is 11.3 Å². The lowest BCUT2D eigenvalue weighted by molar-refractivity contribution is 0.636. The van der Waals surface area contributed by atoms with E-state index in [1.54, 1.807) is 0 Å². The number of nitrogens with one attached hydrogen (secondary N) is 1. The van der Waals surface area contributed by atoms with Crippen LogP contribution in [0.25, 0.3) is 11.3 Å². The lowest BCUT2D eigenvalue weighted by atomic mass is 10.2. The zero-order valence-electron chi connectivity index (χ0n) is 8.07. The topological polar surface area (TPSA) is 59.4 Å². The quantitative estimate of drug-likeness (QED) is 0.755. The van der Waals surface area contributed by atoms with E-state index in [0.29, 0.717) is 11.6 Å². The van der Waals surface area contributed by atoms with Crippen molar-refractivity contribution in [3.05, 3.63) is 5.82 Å². The van der Waals surface area contributed by atoms with Crippen LogP contribution in [0.2, 0.25) is 0 Å². The van der Waals surface area contributed by atoms with Crippen molar-refractivity contribution in [1.82, 2.24) is 25.0 Å². The standard InChI is InChI=1S/C8H13N5/c1-4-13-8-7(11-12-13)9-6(10-8)5(2)3/h5H,4H2,1-3H3,(H,9,10). The molecule has 0 fully saturated rings. The molecular weight excluding hydrogens is 166 g/mol. The summed E-state index contributed by atoms with van der Waals surface area (Å²) in [7, 11) is 0. The van der Waals surface area contributed by atoms with E-state index in [4.69, 9.17) is 0 Å². The summed E-state index contributed by atoms with van der Waals surface area (Å²) in [5.41, 5.74) is 1.64. The summed E-state index contributed by atoms with van der Waals surface area (Å²) in [6.45, 7) is 7.04. The Morgan fingerprint density at radius 1 is 1.46 bits per heavy atom. The van der Waals surface area contributed by atoms with Crippen LogP contribution in [0.3, 0.4) is 0 Å². The Kier molecular flexibility index (Phi) is 1.79. The van der Waals surface area contributed by atoms with Crippen LogP contribution in [0, 0.1) is 0 Å². The van der Waals surface area contributed by atoms with Gasteiger partial charge in [-0.15, -0.1) is 5.10 Å². The maximum absolute atomic E-state index is 4.33. The minimum Gasteiger partial charge on any atom is -0.325 e. The minimum atomic E-state index is 0.402. The molecule has 0 amide bonds. The van der Waals surface area contributed by atoms with Gasteiger partial charge in [-0.1, -0.05) is 19.1 Å². The molecule has 2 rings (SSSR count). The number of aromatic nitrogens is 5. The molecule has 5 heteroatoms. The summed E-state index contributed by atoms with van der Waals surface area (Å²) in [4.78, 5) is 7.55. The number of hydrogen-bond donors (Lipinski definition) is 1. The third-order valence-electron chi connectivity index (χ3n) is 2.04. The molecule has 0 radical (unpaired) electrons. The molecule has 0 saturated carbocycles. The molecule has 5 nitrogen and oxygen atoms in total. The van der Waals surface area contributed by atoms with Gasteiger partial charge in [0, 0.05) is 12.5 Å². The predicted octanol–water partition coefficient (Wildman–Crippen LogP) is 1.30. The maximum atomic E-state index is 4.33. The average Bonchev–Trinajstić information content (AvgIpc) is 2.60. The van der Waals surface area contributed by atoms with Crippen LogP contribution in [0.4, 0.5) is 0 Å². The molecule has 0 saturated heterocycles. The summed E-state index contributed by atoms with van der Waals surface area (Å²) in [5, 5.41) is 7.91. The van der Waals surface area contributed by atoms with E-state index in [1.165, 1.54) is 0 Å². The smallest absolute Gasteiger partial charge is 0.220 e. The second-order valence-corrected chi connectivity index (χ2v) is 3.35. The van der Waals surface area contributed by atoms with Crippen molar-refractivity contribution in [1.29, 1.82) is 0 Å². The summed E-state index contributed by atoms with van der Waals surface area (Å²) in [6, 6.07) is 0. The fraction of sp³-hybridized carbons (Fsp3) is 0.625. The average molecular weight is 179 g/mol. The summed E-state index contributed by atoms with van der Waals surface area (Å²) < 4.78 is 1.81. The molecule has 2 heterocycles. The van der Waals surface area contributed by atoms with Gasteiger partial charge in [-0.25, -0.2) is 9.67 Å². The van der Waals surface area contributed by atoms with Gasteiger partial charge in [0.1, 0.15) is 5.82 Å². The van der Waals surface area contributed by atoms with Gasteiger partial charge in [-0.05, 0) is 6.92 Å². The van der Waals surface area contributed by atoms with Crippen LogP contribution in [0.15, 0.2) is 0 Å². The Hall–Kier alpha value is -1.39. The maximum Gasteiger partial charge on any atom is 0.220 e. The lowest BCUT2D eigenvalue weighted by Gasteiger charge is -1.97. The first-order valence-corrected chi connectivity index (χ1v) is 4.51. The first kappa shape index (κ1) is 8.22. The molecule has 70 valence electrons. The molecule has 0 aliphatic heterocycles. The number of rotatable bonds is 2. The Bertz CT molecular complexity index is 411. The second kappa shape index (κ2) is 2.83. The number of hydrogen-bond acceptors (Lipinski definition) is 3. The van der Waals surface area contributed by atoms with Gasteiger partial charge < -0.3 is 4.98 Å². The van der Waals surface area contributed by atoms with Gasteiger partial charge in [0.2, 0.25) is 5.65 Å². The van der Waals surface area contributed by atoms with E-state index >= 15 is 0 Å². The van der Waals surface area contributed by atoms with Crippen LogP contribution in [-0.4, -0.2) is 25.0 Å². The van der Waals surface area contributed by atoms with Gasteiger partial charge in [0.25, 0.3) is 0 Å². The third-order valence-corrected chi connectivity index (χ3v) is 2.04. The fourth-order valence-corrected chi connectivity index (χ4v) is 1.26. The summed E-state index contributed by atoms with van der Waals surface area (Å²) >= 11 is 0. The molecule has 2 aromatic rings. The van der Waals surface area contributed by atoms with Crippen LogP contribution < -0.4 is 0 Å². The van der Waals surface area contributed by atoms with Gasteiger partial charge in [-0.2, -0.15) is 0 Å². The lowest BCUT2D eigenvalue weighted by Crippen LogP contribution is -1.98. The van der Waals surface area contributed by atoms with E-state index in [-0.39, 0.29) is 0 Å².